The lowest BCUT2D eigenvalue weighted by Crippen LogP contribution is -2.31. The van der Waals surface area contributed by atoms with Crippen LogP contribution in [0.1, 0.15) is 22.3 Å². The van der Waals surface area contributed by atoms with Crippen LogP contribution in [0.15, 0.2) is 47.7 Å². The van der Waals surface area contributed by atoms with Crippen molar-refractivity contribution in [2.45, 2.75) is 20.8 Å². The molecule has 2 aromatic carbocycles. The van der Waals surface area contributed by atoms with Gasteiger partial charge in [0.15, 0.2) is 6.61 Å². The summed E-state index contributed by atoms with van der Waals surface area (Å²) < 4.78 is 5.70. The number of aliphatic hydroxyl groups excluding tert-OH is 1. The molecule has 1 amide bonds. The molecule has 140 valence electrons. The first-order chi connectivity index (χ1) is 13.0. The molecule has 0 aliphatic carbocycles. The topological polar surface area (TPSA) is 77.9 Å². The number of hydrogen-bond donors (Lipinski definition) is 2. The van der Waals surface area contributed by atoms with E-state index < -0.39 is 12.6 Å². The molecule has 3 rings (SSSR count). The molecule has 0 radical (unpaired) electrons. The summed E-state index contributed by atoms with van der Waals surface area (Å²) in [6.45, 7) is 5.19. The Morgan fingerprint density at radius 1 is 1.22 bits per heavy atom. The number of nitrogens with zero attached hydrogens (tertiary/aromatic N) is 2. The maximum Gasteiger partial charge on any atom is 0.282 e. The number of aliphatic hydroxyl groups is 1. The van der Waals surface area contributed by atoms with Crippen LogP contribution in [0.2, 0.25) is 0 Å². The zero-order chi connectivity index (χ0) is 19.4. The quantitative estimate of drug-likeness (QED) is 0.400. The van der Waals surface area contributed by atoms with Gasteiger partial charge in [0.05, 0.1) is 6.21 Å². The Labute approximate surface area is 158 Å². The van der Waals surface area contributed by atoms with Crippen LogP contribution in [0.3, 0.4) is 0 Å². The number of rotatable bonds is 6. The summed E-state index contributed by atoms with van der Waals surface area (Å²) in [5.41, 5.74) is 4.92. The summed E-state index contributed by atoms with van der Waals surface area (Å²) in [5.74, 6) is 0.266. The monoisotopic (exact) mass is 365 g/mol. The number of amides is 1. The highest BCUT2D eigenvalue weighted by Gasteiger charge is 2.14. The molecule has 1 heterocycles. The highest BCUT2D eigenvalue weighted by Crippen LogP contribution is 2.24. The molecule has 0 saturated heterocycles. The Balaban J connectivity index is 1.70. The highest BCUT2D eigenvalue weighted by molar-refractivity contribution is 5.98. The first kappa shape index (κ1) is 18.7. The summed E-state index contributed by atoms with van der Waals surface area (Å²) in [6, 6.07) is 11.7. The number of hydrazone groups is 1. The summed E-state index contributed by atoms with van der Waals surface area (Å²) in [6.07, 6.45) is 3.41. The minimum atomic E-state index is -0.520. The molecule has 2 N–H and O–H groups in total. The molecule has 1 aromatic heterocycles. The van der Waals surface area contributed by atoms with E-state index >= 15 is 0 Å². The molecule has 0 bridgehead atoms. The van der Waals surface area contributed by atoms with E-state index in [1.165, 1.54) is 0 Å². The van der Waals surface area contributed by atoms with Crippen LogP contribution < -0.4 is 4.74 Å². The number of benzene rings is 2. The fourth-order valence-electron chi connectivity index (χ4n) is 3.14. The lowest BCUT2D eigenvalue weighted by molar-refractivity contribution is -0.137. The van der Waals surface area contributed by atoms with Crippen molar-refractivity contribution >= 4 is 23.0 Å². The molecule has 0 spiro atoms. The standard InChI is InChI=1S/C21H23N3O3/c1-14-9-15(2)21(16(3)10-14)27-12-20(26)24(13-25)23-11-17-5-4-6-19-18(17)7-8-22-19/h4-11,22,25H,12-13H2,1-3H3/b23-11+. The lowest BCUT2D eigenvalue weighted by Gasteiger charge is -2.16. The molecule has 0 aliphatic heterocycles. The molecular weight excluding hydrogens is 342 g/mol. The molecule has 3 aromatic rings. The van der Waals surface area contributed by atoms with Crippen LogP contribution in [0, 0.1) is 20.8 Å². The van der Waals surface area contributed by atoms with Crippen LogP contribution in [0.4, 0.5) is 0 Å². The minimum Gasteiger partial charge on any atom is -0.483 e. The molecule has 6 heteroatoms. The van der Waals surface area contributed by atoms with E-state index in [4.69, 9.17) is 4.74 Å². The van der Waals surface area contributed by atoms with Crippen LogP contribution in [0.25, 0.3) is 10.9 Å². The maximum atomic E-state index is 12.4. The van der Waals surface area contributed by atoms with E-state index in [9.17, 15) is 9.90 Å². The smallest absolute Gasteiger partial charge is 0.282 e. The molecule has 0 atom stereocenters. The predicted molar refractivity (Wildman–Crippen MR) is 106 cm³/mol. The zero-order valence-corrected chi connectivity index (χ0v) is 15.7. The van der Waals surface area contributed by atoms with Gasteiger partial charge in [-0.1, -0.05) is 29.8 Å². The van der Waals surface area contributed by atoms with Crippen molar-refractivity contribution < 1.29 is 14.6 Å². The number of fused-ring (bicyclic) bond motifs is 1. The maximum absolute atomic E-state index is 12.4. The third kappa shape index (κ3) is 4.17. The molecule has 27 heavy (non-hydrogen) atoms. The van der Waals surface area contributed by atoms with Crippen molar-refractivity contribution in [2.24, 2.45) is 5.10 Å². The van der Waals surface area contributed by atoms with E-state index in [2.05, 4.69) is 10.1 Å². The van der Waals surface area contributed by atoms with E-state index in [0.717, 1.165) is 38.2 Å². The summed E-state index contributed by atoms with van der Waals surface area (Å²) in [7, 11) is 0. The first-order valence-corrected chi connectivity index (χ1v) is 8.71. The highest BCUT2D eigenvalue weighted by atomic mass is 16.5. The van der Waals surface area contributed by atoms with Crippen molar-refractivity contribution in [3.05, 3.63) is 64.8 Å². The van der Waals surface area contributed by atoms with Gasteiger partial charge in [-0.05, 0) is 44.0 Å². The van der Waals surface area contributed by atoms with E-state index in [1.807, 2.05) is 63.4 Å². The van der Waals surface area contributed by atoms with Crippen molar-refractivity contribution in [3.63, 3.8) is 0 Å². The molecule has 0 unspecified atom stereocenters. The van der Waals surface area contributed by atoms with Crippen molar-refractivity contribution in [3.8, 4) is 5.75 Å². The average molecular weight is 365 g/mol. The van der Waals surface area contributed by atoms with Gasteiger partial charge in [-0.3, -0.25) is 4.79 Å². The van der Waals surface area contributed by atoms with Gasteiger partial charge in [-0.15, -0.1) is 0 Å². The molecule has 0 fully saturated rings. The van der Waals surface area contributed by atoms with Gasteiger partial charge in [0.1, 0.15) is 12.5 Å². The fraction of sp³-hybridized carbons (Fsp3) is 0.238. The minimum absolute atomic E-state index is 0.197. The van der Waals surface area contributed by atoms with Crippen LogP contribution in [-0.2, 0) is 4.79 Å². The Morgan fingerprint density at radius 2 is 1.96 bits per heavy atom. The second-order valence-electron chi connectivity index (χ2n) is 6.48. The van der Waals surface area contributed by atoms with E-state index in [-0.39, 0.29) is 6.61 Å². The van der Waals surface area contributed by atoms with Gasteiger partial charge < -0.3 is 14.8 Å². The number of nitrogens with one attached hydrogen (secondary N) is 1. The van der Waals surface area contributed by atoms with Crippen LogP contribution in [0.5, 0.6) is 5.75 Å². The molecule has 6 nitrogen and oxygen atoms in total. The summed E-state index contributed by atoms with van der Waals surface area (Å²) >= 11 is 0. The van der Waals surface area contributed by atoms with Gasteiger partial charge in [-0.25, -0.2) is 5.01 Å². The van der Waals surface area contributed by atoms with Crippen molar-refractivity contribution in [1.82, 2.24) is 9.99 Å². The van der Waals surface area contributed by atoms with E-state index in [0.29, 0.717) is 5.75 Å². The van der Waals surface area contributed by atoms with Crippen molar-refractivity contribution in [2.75, 3.05) is 13.3 Å². The third-order valence-electron chi connectivity index (χ3n) is 4.33. The largest absolute Gasteiger partial charge is 0.483 e. The number of aromatic nitrogens is 1. The number of aryl methyl sites for hydroxylation is 3. The number of carbonyl (C=O) groups excluding carboxylic acids is 1. The zero-order valence-electron chi connectivity index (χ0n) is 15.7. The second kappa shape index (κ2) is 8.05. The second-order valence-corrected chi connectivity index (χ2v) is 6.48. The number of H-pyrrole nitrogens is 1. The summed E-state index contributed by atoms with van der Waals surface area (Å²) in [4.78, 5) is 15.5. The van der Waals surface area contributed by atoms with Gasteiger partial charge >= 0.3 is 0 Å². The van der Waals surface area contributed by atoms with Gasteiger partial charge in [-0.2, -0.15) is 5.10 Å². The number of hydrogen-bond acceptors (Lipinski definition) is 4. The number of aromatic amines is 1. The van der Waals surface area contributed by atoms with E-state index in [1.54, 1.807) is 6.21 Å². The van der Waals surface area contributed by atoms with Crippen LogP contribution >= 0.6 is 0 Å². The Hall–Kier alpha value is -3.12. The van der Waals surface area contributed by atoms with Gasteiger partial charge in [0.25, 0.3) is 5.91 Å². The Kier molecular flexibility index (Phi) is 5.57. The average Bonchev–Trinajstić information content (AvgIpc) is 3.10. The molecule has 0 aliphatic rings. The molecule has 0 saturated carbocycles. The fourth-order valence-corrected chi connectivity index (χ4v) is 3.14. The van der Waals surface area contributed by atoms with Crippen molar-refractivity contribution in [1.29, 1.82) is 0 Å². The Morgan fingerprint density at radius 3 is 2.67 bits per heavy atom. The number of carbonyl (C=O) groups is 1. The predicted octanol–water partition coefficient (Wildman–Crippen LogP) is 3.28. The third-order valence-corrected chi connectivity index (χ3v) is 4.33. The Bertz CT molecular complexity index is 968. The van der Waals surface area contributed by atoms with Crippen LogP contribution in [-0.4, -0.2) is 40.6 Å². The molecular formula is C21H23N3O3. The summed E-state index contributed by atoms with van der Waals surface area (Å²) in [5, 5.41) is 15.6. The normalized spacial score (nSPS) is 11.3. The first-order valence-electron chi connectivity index (χ1n) is 8.71. The SMILES string of the molecule is Cc1cc(C)c(OCC(=O)N(CO)/N=C/c2cccc3[nH]ccc23)c(C)c1. The van der Waals surface area contributed by atoms with Gasteiger partial charge in [0.2, 0.25) is 0 Å². The lowest BCUT2D eigenvalue weighted by atomic mass is 10.1. The van der Waals surface area contributed by atoms with Gasteiger partial charge in [0, 0.05) is 22.7 Å². The number of ether oxygens (including phenoxy) is 1.